The highest BCUT2D eigenvalue weighted by molar-refractivity contribution is 9.11. The average Bonchev–Trinajstić information content (AvgIpc) is 2.44. The fourth-order valence-electron chi connectivity index (χ4n) is 1.73. The van der Waals surface area contributed by atoms with Crippen LogP contribution >= 0.6 is 31.9 Å². The average molecular weight is 428 g/mol. The molecule has 22 heavy (non-hydrogen) atoms. The molecule has 7 heteroatoms. The quantitative estimate of drug-likeness (QED) is 0.517. The van der Waals surface area contributed by atoms with Gasteiger partial charge < -0.3 is 10.2 Å². The number of amides is 1. The molecule has 0 bridgehead atoms. The minimum atomic E-state index is -0.293. The van der Waals surface area contributed by atoms with Crippen LogP contribution in [0.2, 0.25) is 0 Å². The van der Waals surface area contributed by atoms with Crippen LogP contribution in [0.1, 0.15) is 11.1 Å². The largest absolute Gasteiger partial charge is 0.508 e. The summed E-state index contributed by atoms with van der Waals surface area (Å²) in [6.07, 6.45) is 1.59. The van der Waals surface area contributed by atoms with Gasteiger partial charge in [0.1, 0.15) is 11.5 Å². The van der Waals surface area contributed by atoms with Gasteiger partial charge in [0.25, 0.3) is 0 Å². The van der Waals surface area contributed by atoms with Crippen molar-refractivity contribution in [2.75, 3.05) is 0 Å². The third kappa shape index (κ3) is 4.57. The van der Waals surface area contributed by atoms with E-state index < -0.39 is 0 Å². The molecule has 0 saturated heterocycles. The Morgan fingerprint density at radius 2 is 1.86 bits per heavy atom. The normalized spacial score (nSPS) is 10.8. The lowest BCUT2D eigenvalue weighted by Gasteiger charge is -2.03. The molecule has 1 amide bonds. The molecule has 0 aliphatic rings. The van der Waals surface area contributed by atoms with Crippen LogP contribution in [0.25, 0.3) is 0 Å². The highest BCUT2D eigenvalue weighted by Crippen LogP contribution is 2.32. The molecular formula is C15H12Br2N2O3. The highest BCUT2D eigenvalue weighted by atomic mass is 79.9. The van der Waals surface area contributed by atoms with E-state index in [1.807, 2.05) is 0 Å². The molecule has 0 radical (unpaired) electrons. The van der Waals surface area contributed by atoms with E-state index in [2.05, 4.69) is 42.4 Å². The van der Waals surface area contributed by atoms with Gasteiger partial charge in [0, 0.05) is 0 Å². The first-order valence-electron chi connectivity index (χ1n) is 6.23. The number of nitrogens with zero attached hydrogens (tertiary/aromatic N) is 1. The molecule has 0 unspecified atom stereocenters. The Bertz CT molecular complexity index is 709. The Labute approximate surface area is 143 Å². The van der Waals surface area contributed by atoms with Crippen molar-refractivity contribution in [2.24, 2.45) is 5.10 Å². The number of carbonyl (C=O) groups excluding carboxylic acids is 1. The van der Waals surface area contributed by atoms with Crippen LogP contribution in [0.4, 0.5) is 0 Å². The molecule has 5 nitrogen and oxygen atoms in total. The highest BCUT2D eigenvalue weighted by Gasteiger charge is 2.05. The zero-order valence-corrected chi connectivity index (χ0v) is 14.4. The van der Waals surface area contributed by atoms with Crippen LogP contribution < -0.4 is 5.43 Å². The number of rotatable bonds is 4. The van der Waals surface area contributed by atoms with Crippen LogP contribution in [-0.4, -0.2) is 22.3 Å². The Kier molecular flexibility index (Phi) is 5.57. The zero-order chi connectivity index (χ0) is 16.1. The van der Waals surface area contributed by atoms with Gasteiger partial charge in [-0.1, -0.05) is 12.1 Å². The van der Waals surface area contributed by atoms with Crippen molar-refractivity contribution in [3.63, 3.8) is 0 Å². The number of hydrazone groups is 1. The molecule has 0 fully saturated rings. The van der Waals surface area contributed by atoms with Crippen molar-refractivity contribution in [1.82, 2.24) is 5.43 Å². The summed E-state index contributed by atoms with van der Waals surface area (Å²) in [6, 6.07) is 9.83. The Hall–Kier alpha value is -1.86. The van der Waals surface area contributed by atoms with Crippen molar-refractivity contribution in [1.29, 1.82) is 0 Å². The van der Waals surface area contributed by atoms with Gasteiger partial charge in [-0.2, -0.15) is 5.10 Å². The smallest absolute Gasteiger partial charge is 0.244 e. The fourth-order valence-corrected chi connectivity index (χ4v) is 2.95. The number of phenolic OH excluding ortho intramolecular Hbond substituents is 2. The predicted molar refractivity (Wildman–Crippen MR) is 91.1 cm³/mol. The Balaban J connectivity index is 1.96. The summed E-state index contributed by atoms with van der Waals surface area (Å²) < 4.78 is 1.05. The van der Waals surface area contributed by atoms with E-state index in [9.17, 15) is 15.0 Å². The summed E-state index contributed by atoms with van der Waals surface area (Å²) in [5.74, 6) is -0.0728. The maximum Gasteiger partial charge on any atom is 0.244 e. The Morgan fingerprint density at radius 1 is 1.18 bits per heavy atom. The first kappa shape index (κ1) is 16.5. The van der Waals surface area contributed by atoms with Gasteiger partial charge in [0.15, 0.2) is 0 Å². The van der Waals surface area contributed by atoms with Crippen molar-refractivity contribution in [3.8, 4) is 11.5 Å². The van der Waals surface area contributed by atoms with E-state index in [1.54, 1.807) is 30.3 Å². The molecule has 3 N–H and O–H groups in total. The molecular weight excluding hydrogens is 416 g/mol. The first-order valence-corrected chi connectivity index (χ1v) is 7.82. The number of nitrogens with one attached hydrogen (secondary N) is 1. The second kappa shape index (κ2) is 7.42. The molecule has 0 aliphatic heterocycles. The topological polar surface area (TPSA) is 81.9 Å². The summed E-state index contributed by atoms with van der Waals surface area (Å²) in [5.41, 5.74) is 3.81. The van der Waals surface area contributed by atoms with E-state index in [0.29, 0.717) is 20.1 Å². The van der Waals surface area contributed by atoms with Crippen LogP contribution in [0, 0.1) is 0 Å². The van der Waals surface area contributed by atoms with Crippen molar-refractivity contribution in [3.05, 3.63) is 56.5 Å². The third-order valence-corrected chi connectivity index (χ3v) is 3.93. The molecule has 0 heterocycles. The lowest BCUT2D eigenvalue weighted by molar-refractivity contribution is -0.120. The molecule has 0 aromatic heterocycles. The zero-order valence-electron chi connectivity index (χ0n) is 11.3. The fraction of sp³-hybridized carbons (Fsp3) is 0.0667. The minimum absolute atomic E-state index is 0.102. The van der Waals surface area contributed by atoms with E-state index in [0.717, 1.165) is 0 Å². The second-order valence-corrected chi connectivity index (χ2v) is 6.18. The van der Waals surface area contributed by atoms with Crippen molar-refractivity contribution >= 4 is 44.0 Å². The molecule has 2 aromatic carbocycles. The third-order valence-electron chi connectivity index (χ3n) is 2.72. The van der Waals surface area contributed by atoms with Gasteiger partial charge in [0.05, 0.1) is 21.6 Å². The standard InChI is InChI=1S/C15H12Br2N2O3/c16-12-5-10(6-13(17)15(12)22)8-18-19-14(21)7-9-2-1-3-11(20)4-9/h1-6,8,20,22H,7H2,(H,19,21). The molecule has 0 aliphatic carbocycles. The summed E-state index contributed by atoms with van der Waals surface area (Å²) in [7, 11) is 0. The molecule has 0 spiro atoms. The van der Waals surface area contributed by atoms with E-state index in [1.165, 1.54) is 12.3 Å². The predicted octanol–water partition coefficient (Wildman–Crippen LogP) is 3.32. The number of hydrogen-bond donors (Lipinski definition) is 3. The van der Waals surface area contributed by atoms with Crippen LogP contribution in [0.5, 0.6) is 11.5 Å². The van der Waals surface area contributed by atoms with E-state index >= 15 is 0 Å². The number of halogens is 2. The number of phenols is 2. The molecule has 2 aromatic rings. The molecule has 2 rings (SSSR count). The van der Waals surface area contributed by atoms with E-state index in [-0.39, 0.29) is 23.8 Å². The summed E-state index contributed by atoms with van der Waals surface area (Å²) >= 11 is 6.43. The SMILES string of the molecule is O=C(Cc1cccc(O)c1)NN=Cc1cc(Br)c(O)c(Br)c1. The van der Waals surface area contributed by atoms with Crippen LogP contribution in [0.3, 0.4) is 0 Å². The lowest BCUT2D eigenvalue weighted by Crippen LogP contribution is -2.19. The monoisotopic (exact) mass is 426 g/mol. The Morgan fingerprint density at radius 3 is 2.50 bits per heavy atom. The molecule has 114 valence electrons. The summed E-state index contributed by atoms with van der Waals surface area (Å²) in [5, 5.41) is 22.8. The number of benzene rings is 2. The van der Waals surface area contributed by atoms with E-state index in [4.69, 9.17) is 0 Å². The van der Waals surface area contributed by atoms with Gasteiger partial charge in [0.2, 0.25) is 5.91 Å². The molecule has 0 saturated carbocycles. The number of carbonyl (C=O) groups is 1. The van der Waals surface area contributed by atoms with Crippen molar-refractivity contribution < 1.29 is 15.0 Å². The van der Waals surface area contributed by atoms with Gasteiger partial charge >= 0.3 is 0 Å². The number of hydrogen-bond acceptors (Lipinski definition) is 4. The summed E-state index contributed by atoms with van der Waals surface area (Å²) in [6.45, 7) is 0. The van der Waals surface area contributed by atoms with Crippen molar-refractivity contribution in [2.45, 2.75) is 6.42 Å². The maximum absolute atomic E-state index is 11.7. The van der Waals surface area contributed by atoms with Crippen LogP contribution in [-0.2, 0) is 11.2 Å². The number of aromatic hydroxyl groups is 2. The molecule has 0 atom stereocenters. The van der Waals surface area contributed by atoms with Crippen LogP contribution in [0.15, 0.2) is 50.4 Å². The van der Waals surface area contributed by atoms with Gasteiger partial charge in [-0.25, -0.2) is 5.43 Å². The van der Waals surface area contributed by atoms with Gasteiger partial charge in [-0.15, -0.1) is 0 Å². The second-order valence-electron chi connectivity index (χ2n) is 4.47. The summed E-state index contributed by atoms with van der Waals surface area (Å²) in [4.78, 5) is 11.7. The minimum Gasteiger partial charge on any atom is -0.508 e. The lowest BCUT2D eigenvalue weighted by atomic mass is 10.1. The first-order chi connectivity index (χ1) is 10.5. The van der Waals surface area contributed by atoms with Gasteiger partial charge in [-0.3, -0.25) is 4.79 Å². The van der Waals surface area contributed by atoms with Gasteiger partial charge in [-0.05, 0) is 67.3 Å². The maximum atomic E-state index is 11.7.